The highest BCUT2D eigenvalue weighted by molar-refractivity contribution is 5.94. The Hall–Kier alpha value is -1.88. The zero-order valence-electron chi connectivity index (χ0n) is 13.0. The second-order valence-corrected chi connectivity index (χ2v) is 5.59. The second kappa shape index (κ2) is 8.54. The van der Waals surface area contributed by atoms with E-state index in [4.69, 9.17) is 9.47 Å². The number of hydrogen-bond acceptors (Lipinski definition) is 4. The number of Topliss-reactive ketones (excluding diaryl/α,β-unsaturated/α-hetero) is 1. The fraction of sp³-hybridized carbons (Fsp3) is 0.529. The molecule has 0 saturated heterocycles. The van der Waals surface area contributed by atoms with Crippen LogP contribution in [0.25, 0.3) is 0 Å². The topological polar surface area (TPSA) is 64.6 Å². The maximum Gasteiger partial charge on any atom is 0.257 e. The molecule has 1 fully saturated rings. The van der Waals surface area contributed by atoms with Gasteiger partial charge >= 0.3 is 0 Å². The highest BCUT2D eigenvalue weighted by Gasteiger charge is 2.20. The van der Waals surface area contributed by atoms with Crippen LogP contribution in [0.15, 0.2) is 24.3 Å². The van der Waals surface area contributed by atoms with Crippen LogP contribution in [0, 0.1) is 5.92 Å². The lowest BCUT2D eigenvalue weighted by Gasteiger charge is -2.08. The molecule has 0 unspecified atom stereocenters. The van der Waals surface area contributed by atoms with Gasteiger partial charge in [0.25, 0.3) is 5.91 Å². The molecule has 0 radical (unpaired) electrons. The van der Waals surface area contributed by atoms with E-state index in [0.717, 1.165) is 18.9 Å². The van der Waals surface area contributed by atoms with Gasteiger partial charge in [-0.3, -0.25) is 9.59 Å². The number of ether oxygens (including phenoxy) is 2. The van der Waals surface area contributed by atoms with Crippen LogP contribution in [0.5, 0.6) is 5.75 Å². The minimum absolute atomic E-state index is 0.00759. The van der Waals surface area contributed by atoms with Crippen molar-refractivity contribution in [1.29, 1.82) is 0 Å². The molecular weight excluding hydrogens is 282 g/mol. The molecule has 5 nitrogen and oxygen atoms in total. The van der Waals surface area contributed by atoms with E-state index >= 15 is 0 Å². The molecule has 1 saturated carbocycles. The molecule has 1 N–H and O–H groups in total. The number of rotatable bonds is 10. The molecule has 1 aromatic rings. The van der Waals surface area contributed by atoms with E-state index in [-0.39, 0.29) is 18.3 Å². The molecule has 0 aromatic heterocycles. The summed E-state index contributed by atoms with van der Waals surface area (Å²) in [6.45, 7) is 3.62. The van der Waals surface area contributed by atoms with Crippen LogP contribution in [-0.2, 0) is 9.53 Å². The van der Waals surface area contributed by atoms with Gasteiger partial charge < -0.3 is 14.8 Å². The van der Waals surface area contributed by atoms with Crippen molar-refractivity contribution < 1.29 is 19.1 Å². The molecule has 1 aliphatic carbocycles. The first-order valence-corrected chi connectivity index (χ1v) is 7.73. The van der Waals surface area contributed by atoms with Gasteiger partial charge in [0.15, 0.2) is 12.4 Å². The number of amides is 1. The Bertz CT molecular complexity index is 494. The zero-order valence-corrected chi connectivity index (χ0v) is 13.0. The lowest BCUT2D eigenvalue weighted by atomic mass is 10.1. The molecule has 0 heterocycles. The van der Waals surface area contributed by atoms with Crippen molar-refractivity contribution in [3.8, 4) is 5.75 Å². The molecule has 0 bridgehead atoms. The maximum atomic E-state index is 11.6. The van der Waals surface area contributed by atoms with Crippen molar-refractivity contribution >= 4 is 11.7 Å². The van der Waals surface area contributed by atoms with Crippen LogP contribution in [0.1, 0.15) is 36.5 Å². The van der Waals surface area contributed by atoms with E-state index < -0.39 is 0 Å². The molecular formula is C17H23NO4. The SMILES string of the molecule is CC(=O)c1ccc(OCC(=O)NCCCOCC2CC2)cc1. The van der Waals surface area contributed by atoms with Crippen LogP contribution in [-0.4, -0.2) is 38.1 Å². The van der Waals surface area contributed by atoms with Crippen LogP contribution < -0.4 is 10.1 Å². The summed E-state index contributed by atoms with van der Waals surface area (Å²) in [5.74, 6) is 1.20. The number of hydrogen-bond donors (Lipinski definition) is 1. The van der Waals surface area contributed by atoms with Crippen LogP contribution >= 0.6 is 0 Å². The number of carbonyl (C=O) groups excluding carboxylic acids is 2. The van der Waals surface area contributed by atoms with Gasteiger partial charge in [0, 0.05) is 25.3 Å². The molecule has 1 aliphatic rings. The predicted octanol–water partition coefficient (Wildman–Crippen LogP) is 2.20. The molecule has 5 heteroatoms. The highest BCUT2D eigenvalue weighted by Crippen LogP contribution is 2.28. The quantitative estimate of drug-likeness (QED) is 0.531. The largest absolute Gasteiger partial charge is 0.484 e. The van der Waals surface area contributed by atoms with Gasteiger partial charge in [-0.1, -0.05) is 0 Å². The Kier molecular flexibility index (Phi) is 6.40. The van der Waals surface area contributed by atoms with E-state index in [9.17, 15) is 9.59 Å². The standard InChI is InChI=1S/C17H23NO4/c1-13(19)15-5-7-16(8-6-15)22-12-17(20)18-9-2-10-21-11-14-3-4-14/h5-8,14H,2-4,9-12H2,1H3,(H,18,20). The second-order valence-electron chi connectivity index (χ2n) is 5.59. The summed E-state index contributed by atoms with van der Waals surface area (Å²) in [5, 5.41) is 2.79. The first-order valence-electron chi connectivity index (χ1n) is 7.73. The monoisotopic (exact) mass is 305 g/mol. The summed E-state index contributed by atoms with van der Waals surface area (Å²) in [6, 6.07) is 6.75. The number of ketones is 1. The first kappa shape index (κ1) is 16.5. The summed E-state index contributed by atoms with van der Waals surface area (Å²) in [4.78, 5) is 22.8. The van der Waals surface area contributed by atoms with Crippen molar-refractivity contribution in [1.82, 2.24) is 5.32 Å². The van der Waals surface area contributed by atoms with E-state index in [1.807, 2.05) is 0 Å². The Morgan fingerprint density at radius 3 is 2.59 bits per heavy atom. The molecule has 1 amide bonds. The van der Waals surface area contributed by atoms with Gasteiger partial charge in [-0.05, 0) is 56.4 Å². The van der Waals surface area contributed by atoms with Crippen LogP contribution in [0.3, 0.4) is 0 Å². The average molecular weight is 305 g/mol. The van der Waals surface area contributed by atoms with Gasteiger partial charge in [0.05, 0.1) is 0 Å². The third kappa shape index (κ3) is 6.26. The predicted molar refractivity (Wildman–Crippen MR) is 83.1 cm³/mol. The summed E-state index contributed by atoms with van der Waals surface area (Å²) in [5.41, 5.74) is 0.628. The normalized spacial score (nSPS) is 13.7. The maximum absolute atomic E-state index is 11.6. The van der Waals surface area contributed by atoms with Crippen LogP contribution in [0.4, 0.5) is 0 Å². The van der Waals surface area contributed by atoms with Crippen molar-refractivity contribution in [3.05, 3.63) is 29.8 Å². The third-order valence-electron chi connectivity index (χ3n) is 3.47. The van der Waals surface area contributed by atoms with Gasteiger partial charge in [0.2, 0.25) is 0 Å². The fourth-order valence-corrected chi connectivity index (χ4v) is 1.92. The van der Waals surface area contributed by atoms with Crippen molar-refractivity contribution in [3.63, 3.8) is 0 Å². The molecule has 0 aliphatic heterocycles. The van der Waals surface area contributed by atoms with Gasteiger partial charge in [0.1, 0.15) is 5.75 Å². The third-order valence-corrected chi connectivity index (χ3v) is 3.47. The summed E-state index contributed by atoms with van der Waals surface area (Å²) in [7, 11) is 0. The van der Waals surface area contributed by atoms with Gasteiger partial charge in [-0.2, -0.15) is 0 Å². The van der Waals surface area contributed by atoms with E-state index in [0.29, 0.717) is 24.5 Å². The zero-order chi connectivity index (χ0) is 15.8. The molecule has 0 spiro atoms. The summed E-state index contributed by atoms with van der Waals surface area (Å²) in [6.07, 6.45) is 3.40. The van der Waals surface area contributed by atoms with E-state index in [1.54, 1.807) is 24.3 Å². The van der Waals surface area contributed by atoms with Crippen molar-refractivity contribution in [2.75, 3.05) is 26.4 Å². The van der Waals surface area contributed by atoms with Gasteiger partial charge in [-0.25, -0.2) is 0 Å². The average Bonchev–Trinajstić information content (AvgIpc) is 3.33. The van der Waals surface area contributed by atoms with Crippen molar-refractivity contribution in [2.45, 2.75) is 26.2 Å². The first-order chi connectivity index (χ1) is 10.6. The Morgan fingerprint density at radius 2 is 1.95 bits per heavy atom. The lowest BCUT2D eigenvalue weighted by molar-refractivity contribution is -0.123. The number of nitrogens with one attached hydrogen (secondary N) is 1. The fourth-order valence-electron chi connectivity index (χ4n) is 1.92. The number of carbonyl (C=O) groups is 2. The van der Waals surface area contributed by atoms with E-state index in [1.165, 1.54) is 19.8 Å². The molecule has 22 heavy (non-hydrogen) atoms. The number of benzene rings is 1. The molecule has 0 atom stereocenters. The molecule has 120 valence electrons. The minimum Gasteiger partial charge on any atom is -0.484 e. The Labute approximate surface area is 131 Å². The molecule has 1 aromatic carbocycles. The highest BCUT2D eigenvalue weighted by atomic mass is 16.5. The minimum atomic E-state index is -0.155. The Morgan fingerprint density at radius 1 is 1.23 bits per heavy atom. The summed E-state index contributed by atoms with van der Waals surface area (Å²) >= 11 is 0. The van der Waals surface area contributed by atoms with Crippen LogP contribution in [0.2, 0.25) is 0 Å². The van der Waals surface area contributed by atoms with Crippen molar-refractivity contribution in [2.24, 2.45) is 5.92 Å². The Balaban J connectivity index is 1.53. The van der Waals surface area contributed by atoms with E-state index in [2.05, 4.69) is 5.32 Å². The molecule has 2 rings (SSSR count). The van der Waals surface area contributed by atoms with Gasteiger partial charge in [-0.15, -0.1) is 0 Å². The smallest absolute Gasteiger partial charge is 0.257 e. The summed E-state index contributed by atoms with van der Waals surface area (Å²) < 4.78 is 10.9. The lowest BCUT2D eigenvalue weighted by Crippen LogP contribution is -2.30.